The monoisotopic (exact) mass is 272 g/mol. The fourth-order valence-electron chi connectivity index (χ4n) is 3.31. The third-order valence-electron chi connectivity index (χ3n) is 4.27. The molecule has 3 rings (SSSR count). The van der Waals surface area contributed by atoms with Gasteiger partial charge in [-0.25, -0.2) is 0 Å². The number of amides is 2. The zero-order valence-electron chi connectivity index (χ0n) is 11.8. The molecule has 0 radical (unpaired) electrons. The molecule has 4 heteroatoms. The highest BCUT2D eigenvalue weighted by Gasteiger charge is 2.33. The van der Waals surface area contributed by atoms with Crippen LogP contribution in [0.4, 0.5) is 5.69 Å². The molecule has 1 fully saturated rings. The second kappa shape index (κ2) is 5.27. The number of nitrogens with zero attached hydrogens (tertiary/aromatic N) is 1. The van der Waals surface area contributed by atoms with Crippen molar-refractivity contribution in [3.05, 3.63) is 29.3 Å². The van der Waals surface area contributed by atoms with Crippen LogP contribution in [0.2, 0.25) is 0 Å². The van der Waals surface area contributed by atoms with Gasteiger partial charge in [0.15, 0.2) is 0 Å². The summed E-state index contributed by atoms with van der Waals surface area (Å²) in [7, 11) is 0. The Bertz CT molecular complexity index is 547. The standard InChI is InChI=1S/C16H20N2O2/c1-11(19)17-13-7-8-15-12(9-13)10-18(16(15)20)14-5-3-2-4-6-14/h7-9,14H,2-6,10H2,1H3,(H,17,19). The molecule has 1 aromatic rings. The van der Waals surface area contributed by atoms with Crippen LogP contribution in [0.5, 0.6) is 0 Å². The fraction of sp³-hybridized carbons (Fsp3) is 0.500. The van der Waals surface area contributed by atoms with Gasteiger partial charge in [-0.2, -0.15) is 0 Å². The predicted molar refractivity (Wildman–Crippen MR) is 77.5 cm³/mol. The summed E-state index contributed by atoms with van der Waals surface area (Å²) in [6.45, 7) is 2.18. The molecule has 20 heavy (non-hydrogen) atoms. The van der Waals surface area contributed by atoms with E-state index in [1.165, 1.54) is 26.2 Å². The van der Waals surface area contributed by atoms with Gasteiger partial charge in [0.05, 0.1) is 0 Å². The van der Waals surface area contributed by atoms with E-state index in [1.807, 2.05) is 23.1 Å². The van der Waals surface area contributed by atoms with Gasteiger partial charge in [0.25, 0.3) is 5.91 Å². The first kappa shape index (κ1) is 13.2. The number of carbonyl (C=O) groups excluding carboxylic acids is 2. The van der Waals surface area contributed by atoms with Crippen LogP contribution in [0.15, 0.2) is 18.2 Å². The molecule has 2 amide bonds. The first-order valence-corrected chi connectivity index (χ1v) is 7.36. The minimum absolute atomic E-state index is 0.0848. The summed E-state index contributed by atoms with van der Waals surface area (Å²) in [6, 6.07) is 5.97. The lowest BCUT2D eigenvalue weighted by Crippen LogP contribution is -2.36. The van der Waals surface area contributed by atoms with Crippen LogP contribution in [0.3, 0.4) is 0 Å². The lowest BCUT2D eigenvalue weighted by Gasteiger charge is -2.30. The van der Waals surface area contributed by atoms with Crippen molar-refractivity contribution in [1.82, 2.24) is 4.90 Å². The highest BCUT2D eigenvalue weighted by molar-refractivity contribution is 5.99. The summed E-state index contributed by atoms with van der Waals surface area (Å²) in [4.78, 5) is 25.6. The normalized spacial score (nSPS) is 19.1. The Labute approximate surface area is 119 Å². The Morgan fingerprint density at radius 2 is 2.00 bits per heavy atom. The number of anilines is 1. The van der Waals surface area contributed by atoms with E-state index in [9.17, 15) is 9.59 Å². The summed E-state index contributed by atoms with van der Waals surface area (Å²) in [6.07, 6.45) is 5.98. The van der Waals surface area contributed by atoms with Crippen molar-refractivity contribution in [3.8, 4) is 0 Å². The number of hydrogen-bond donors (Lipinski definition) is 1. The van der Waals surface area contributed by atoms with Crippen LogP contribution >= 0.6 is 0 Å². The molecular formula is C16H20N2O2. The van der Waals surface area contributed by atoms with Crippen molar-refractivity contribution >= 4 is 17.5 Å². The Hall–Kier alpha value is -1.84. The molecule has 2 aliphatic rings. The molecular weight excluding hydrogens is 252 g/mol. The highest BCUT2D eigenvalue weighted by atomic mass is 16.2. The van der Waals surface area contributed by atoms with Crippen LogP contribution in [-0.2, 0) is 11.3 Å². The molecule has 1 aliphatic heterocycles. The van der Waals surface area contributed by atoms with Crippen LogP contribution in [0, 0.1) is 0 Å². The summed E-state index contributed by atoms with van der Waals surface area (Å²) < 4.78 is 0. The van der Waals surface area contributed by atoms with E-state index >= 15 is 0 Å². The molecule has 1 N–H and O–H groups in total. The van der Waals surface area contributed by atoms with Gasteiger partial charge < -0.3 is 10.2 Å². The molecule has 0 bridgehead atoms. The summed E-state index contributed by atoms with van der Waals surface area (Å²) >= 11 is 0. The molecule has 4 nitrogen and oxygen atoms in total. The Morgan fingerprint density at radius 1 is 1.25 bits per heavy atom. The van der Waals surface area contributed by atoms with Crippen molar-refractivity contribution in [2.24, 2.45) is 0 Å². The summed E-state index contributed by atoms with van der Waals surface area (Å²) in [5.74, 6) is 0.0692. The van der Waals surface area contributed by atoms with E-state index in [0.717, 1.165) is 29.7 Å². The minimum Gasteiger partial charge on any atom is -0.331 e. The number of fused-ring (bicyclic) bond motifs is 1. The fourth-order valence-corrected chi connectivity index (χ4v) is 3.31. The molecule has 0 saturated heterocycles. The largest absolute Gasteiger partial charge is 0.331 e. The Morgan fingerprint density at radius 3 is 2.70 bits per heavy atom. The predicted octanol–water partition coefficient (Wildman–Crippen LogP) is 2.93. The van der Waals surface area contributed by atoms with Crippen molar-refractivity contribution in [2.75, 3.05) is 5.32 Å². The maximum Gasteiger partial charge on any atom is 0.254 e. The molecule has 1 heterocycles. The van der Waals surface area contributed by atoms with Crippen molar-refractivity contribution < 1.29 is 9.59 Å². The second-order valence-corrected chi connectivity index (χ2v) is 5.78. The van der Waals surface area contributed by atoms with Crippen LogP contribution in [-0.4, -0.2) is 22.8 Å². The topological polar surface area (TPSA) is 49.4 Å². The van der Waals surface area contributed by atoms with Crippen LogP contribution in [0.1, 0.15) is 54.9 Å². The minimum atomic E-state index is -0.0848. The van der Waals surface area contributed by atoms with E-state index in [4.69, 9.17) is 0 Å². The smallest absolute Gasteiger partial charge is 0.254 e. The van der Waals surface area contributed by atoms with E-state index in [0.29, 0.717) is 12.6 Å². The van der Waals surface area contributed by atoms with Gasteiger partial charge in [0.1, 0.15) is 0 Å². The summed E-state index contributed by atoms with van der Waals surface area (Å²) in [5, 5.41) is 2.77. The third kappa shape index (κ3) is 2.42. The number of rotatable bonds is 2. The van der Waals surface area contributed by atoms with Crippen molar-refractivity contribution in [3.63, 3.8) is 0 Å². The molecule has 0 spiro atoms. The zero-order valence-corrected chi connectivity index (χ0v) is 11.8. The first-order valence-electron chi connectivity index (χ1n) is 7.36. The van der Waals surface area contributed by atoms with Crippen LogP contribution < -0.4 is 5.32 Å². The second-order valence-electron chi connectivity index (χ2n) is 5.78. The van der Waals surface area contributed by atoms with Gasteiger partial charge >= 0.3 is 0 Å². The van der Waals surface area contributed by atoms with E-state index in [-0.39, 0.29) is 11.8 Å². The van der Waals surface area contributed by atoms with Crippen LogP contribution in [0.25, 0.3) is 0 Å². The molecule has 0 aromatic heterocycles. The molecule has 1 saturated carbocycles. The molecule has 106 valence electrons. The SMILES string of the molecule is CC(=O)Nc1ccc2c(c1)CN(C1CCCCC1)C2=O. The average molecular weight is 272 g/mol. The summed E-state index contributed by atoms with van der Waals surface area (Å²) in [5.41, 5.74) is 2.60. The van der Waals surface area contributed by atoms with Gasteiger partial charge in [-0.05, 0) is 36.6 Å². The first-order chi connectivity index (χ1) is 9.65. The third-order valence-corrected chi connectivity index (χ3v) is 4.27. The van der Waals surface area contributed by atoms with E-state index in [2.05, 4.69) is 5.32 Å². The number of hydrogen-bond acceptors (Lipinski definition) is 2. The Balaban J connectivity index is 1.80. The van der Waals surface area contributed by atoms with Crippen molar-refractivity contribution in [2.45, 2.75) is 51.6 Å². The maximum absolute atomic E-state index is 12.5. The molecule has 0 atom stereocenters. The Kier molecular flexibility index (Phi) is 3.47. The average Bonchev–Trinajstić information content (AvgIpc) is 2.76. The van der Waals surface area contributed by atoms with E-state index < -0.39 is 0 Å². The molecule has 0 unspecified atom stereocenters. The molecule has 1 aromatic carbocycles. The maximum atomic E-state index is 12.5. The van der Waals surface area contributed by atoms with Gasteiger partial charge in [0.2, 0.25) is 5.91 Å². The van der Waals surface area contributed by atoms with E-state index in [1.54, 1.807) is 0 Å². The lowest BCUT2D eigenvalue weighted by molar-refractivity contribution is -0.114. The quantitative estimate of drug-likeness (QED) is 0.900. The molecule has 1 aliphatic carbocycles. The van der Waals surface area contributed by atoms with Gasteiger partial charge in [-0.15, -0.1) is 0 Å². The highest BCUT2D eigenvalue weighted by Crippen LogP contribution is 2.32. The van der Waals surface area contributed by atoms with Crippen molar-refractivity contribution in [1.29, 1.82) is 0 Å². The zero-order chi connectivity index (χ0) is 14.1. The van der Waals surface area contributed by atoms with Gasteiger partial charge in [-0.1, -0.05) is 19.3 Å². The number of nitrogens with one attached hydrogen (secondary N) is 1. The lowest BCUT2D eigenvalue weighted by atomic mass is 9.94. The number of carbonyl (C=O) groups is 2. The van der Waals surface area contributed by atoms with Gasteiger partial charge in [-0.3, -0.25) is 9.59 Å². The van der Waals surface area contributed by atoms with Gasteiger partial charge in [0, 0.05) is 30.8 Å². The number of benzene rings is 1.